The SMILES string of the molecule is CCN1CCN(C2=C(c3ccc(C)cc3C)C(=O)N(c3ccc(Cl)cc3)C2=O)CC1. The Bertz CT molecular complexity index is 1020. The zero-order valence-corrected chi connectivity index (χ0v) is 18.4. The van der Waals surface area contributed by atoms with E-state index < -0.39 is 0 Å². The Morgan fingerprint density at radius 3 is 2.17 bits per heavy atom. The fourth-order valence-electron chi connectivity index (χ4n) is 4.26. The van der Waals surface area contributed by atoms with E-state index in [4.69, 9.17) is 11.6 Å². The molecular weight excluding hydrogens is 398 g/mol. The molecule has 0 aromatic heterocycles. The molecule has 156 valence electrons. The van der Waals surface area contributed by atoms with Crippen LogP contribution >= 0.6 is 11.6 Å². The first kappa shape index (κ1) is 20.6. The number of carbonyl (C=O) groups is 2. The van der Waals surface area contributed by atoms with Gasteiger partial charge in [-0.25, -0.2) is 4.90 Å². The van der Waals surface area contributed by atoms with Crippen LogP contribution in [0.3, 0.4) is 0 Å². The van der Waals surface area contributed by atoms with Crippen LogP contribution in [-0.2, 0) is 9.59 Å². The largest absolute Gasteiger partial charge is 0.364 e. The standard InChI is InChI=1S/C24H26ClN3O2/c1-4-26-11-13-27(14-12-26)22-21(20-10-5-16(2)15-17(20)3)23(29)28(24(22)30)19-8-6-18(25)7-9-19/h5-10,15H,4,11-14H2,1-3H3. The van der Waals surface area contributed by atoms with Crippen molar-refractivity contribution < 1.29 is 9.59 Å². The molecule has 0 bridgehead atoms. The number of hydrogen-bond acceptors (Lipinski definition) is 4. The van der Waals surface area contributed by atoms with E-state index in [-0.39, 0.29) is 11.8 Å². The minimum Gasteiger partial charge on any atom is -0.364 e. The molecule has 6 heteroatoms. The lowest BCUT2D eigenvalue weighted by molar-refractivity contribution is -0.120. The zero-order valence-electron chi connectivity index (χ0n) is 17.6. The molecule has 2 heterocycles. The number of nitrogens with zero attached hydrogens (tertiary/aromatic N) is 3. The van der Waals surface area contributed by atoms with Gasteiger partial charge < -0.3 is 9.80 Å². The Hall–Kier alpha value is -2.63. The van der Waals surface area contributed by atoms with Crippen molar-refractivity contribution in [1.82, 2.24) is 9.80 Å². The first-order valence-corrected chi connectivity index (χ1v) is 10.7. The third-order valence-electron chi connectivity index (χ3n) is 5.93. The van der Waals surface area contributed by atoms with Crippen molar-refractivity contribution in [2.75, 3.05) is 37.6 Å². The molecular formula is C24H26ClN3O2. The lowest BCUT2D eigenvalue weighted by Gasteiger charge is -2.36. The van der Waals surface area contributed by atoms with Crippen molar-refractivity contribution in [3.8, 4) is 0 Å². The molecule has 2 amide bonds. The van der Waals surface area contributed by atoms with Gasteiger partial charge in [0.2, 0.25) is 0 Å². The summed E-state index contributed by atoms with van der Waals surface area (Å²) < 4.78 is 0. The molecule has 5 nitrogen and oxygen atoms in total. The van der Waals surface area contributed by atoms with Crippen LogP contribution in [0.1, 0.15) is 23.6 Å². The second-order valence-electron chi connectivity index (χ2n) is 7.89. The number of hydrogen-bond donors (Lipinski definition) is 0. The monoisotopic (exact) mass is 423 g/mol. The third-order valence-corrected chi connectivity index (χ3v) is 6.18. The molecule has 2 aromatic carbocycles. The van der Waals surface area contributed by atoms with Gasteiger partial charge in [-0.2, -0.15) is 0 Å². The number of piperazine rings is 1. The topological polar surface area (TPSA) is 43.9 Å². The maximum Gasteiger partial charge on any atom is 0.282 e. The highest BCUT2D eigenvalue weighted by Gasteiger charge is 2.43. The molecule has 0 atom stereocenters. The lowest BCUT2D eigenvalue weighted by Crippen LogP contribution is -2.47. The van der Waals surface area contributed by atoms with Crippen molar-refractivity contribution in [2.45, 2.75) is 20.8 Å². The molecule has 2 aliphatic heterocycles. The van der Waals surface area contributed by atoms with Gasteiger partial charge in [0.25, 0.3) is 11.8 Å². The second-order valence-corrected chi connectivity index (χ2v) is 8.32. The highest BCUT2D eigenvalue weighted by Crippen LogP contribution is 2.36. The molecule has 0 unspecified atom stereocenters. The van der Waals surface area contributed by atoms with Gasteiger partial charge in [-0.05, 0) is 55.8 Å². The maximum atomic E-state index is 13.6. The van der Waals surface area contributed by atoms with Gasteiger partial charge in [0.15, 0.2) is 0 Å². The Morgan fingerprint density at radius 1 is 0.900 bits per heavy atom. The van der Waals surface area contributed by atoms with Crippen molar-refractivity contribution in [3.63, 3.8) is 0 Å². The predicted molar refractivity (Wildman–Crippen MR) is 120 cm³/mol. The number of benzene rings is 2. The van der Waals surface area contributed by atoms with Crippen LogP contribution in [0.25, 0.3) is 5.57 Å². The van der Waals surface area contributed by atoms with Crippen molar-refractivity contribution in [3.05, 3.63) is 69.9 Å². The van der Waals surface area contributed by atoms with Gasteiger partial charge in [0.05, 0.1) is 11.3 Å². The number of amides is 2. The van der Waals surface area contributed by atoms with Crippen molar-refractivity contribution >= 4 is 34.7 Å². The van der Waals surface area contributed by atoms with E-state index in [9.17, 15) is 9.59 Å². The third kappa shape index (κ3) is 3.64. The van der Waals surface area contributed by atoms with Crippen LogP contribution < -0.4 is 4.90 Å². The summed E-state index contributed by atoms with van der Waals surface area (Å²) in [6.45, 7) is 10.4. The maximum absolute atomic E-state index is 13.6. The fourth-order valence-corrected chi connectivity index (χ4v) is 4.39. The molecule has 0 saturated carbocycles. The molecule has 30 heavy (non-hydrogen) atoms. The minimum atomic E-state index is -0.276. The van der Waals surface area contributed by atoms with Gasteiger partial charge >= 0.3 is 0 Å². The lowest BCUT2D eigenvalue weighted by atomic mass is 9.97. The second kappa shape index (κ2) is 8.25. The molecule has 0 radical (unpaired) electrons. The summed E-state index contributed by atoms with van der Waals surface area (Å²) in [5.74, 6) is -0.538. The highest BCUT2D eigenvalue weighted by atomic mass is 35.5. The minimum absolute atomic E-state index is 0.262. The Morgan fingerprint density at radius 2 is 1.57 bits per heavy atom. The zero-order chi connectivity index (χ0) is 21.4. The molecule has 4 rings (SSSR count). The smallest absolute Gasteiger partial charge is 0.282 e. The average molecular weight is 424 g/mol. The number of aryl methyl sites for hydroxylation is 2. The van der Waals surface area contributed by atoms with E-state index in [0.29, 0.717) is 22.0 Å². The molecule has 1 fully saturated rings. The summed E-state index contributed by atoms with van der Waals surface area (Å²) in [7, 11) is 0. The number of anilines is 1. The van der Waals surface area contributed by atoms with Crippen LogP contribution in [0.15, 0.2) is 48.2 Å². The number of rotatable bonds is 4. The summed E-state index contributed by atoms with van der Waals surface area (Å²) >= 11 is 6.02. The number of carbonyl (C=O) groups excluding carboxylic acids is 2. The van der Waals surface area contributed by atoms with Gasteiger partial charge in [-0.3, -0.25) is 9.59 Å². The van der Waals surface area contributed by atoms with Crippen LogP contribution in [0, 0.1) is 13.8 Å². The van der Waals surface area contributed by atoms with Crippen LogP contribution in [0.5, 0.6) is 0 Å². The van der Waals surface area contributed by atoms with Crippen LogP contribution in [0.4, 0.5) is 5.69 Å². The first-order chi connectivity index (χ1) is 14.4. The quantitative estimate of drug-likeness (QED) is 0.700. The van der Waals surface area contributed by atoms with E-state index >= 15 is 0 Å². The van der Waals surface area contributed by atoms with Gasteiger partial charge in [0.1, 0.15) is 5.70 Å². The molecule has 1 saturated heterocycles. The summed E-state index contributed by atoms with van der Waals surface area (Å²) in [4.78, 5) is 32.9. The molecule has 2 aliphatic rings. The average Bonchev–Trinajstić information content (AvgIpc) is 2.99. The molecule has 0 spiro atoms. The summed E-state index contributed by atoms with van der Waals surface area (Å²) in [5.41, 5.74) is 4.49. The molecule has 2 aromatic rings. The number of likely N-dealkylation sites (N-methyl/N-ethyl adjacent to an activating group) is 1. The normalized spacial score (nSPS) is 18.0. The fraction of sp³-hybridized carbons (Fsp3) is 0.333. The van der Waals surface area contributed by atoms with E-state index in [2.05, 4.69) is 22.8 Å². The summed E-state index contributed by atoms with van der Waals surface area (Å²) in [5, 5.41) is 0.566. The molecule has 0 N–H and O–H groups in total. The van der Waals surface area contributed by atoms with Gasteiger partial charge in [0, 0.05) is 31.2 Å². The van der Waals surface area contributed by atoms with E-state index in [1.165, 1.54) is 4.90 Å². The van der Waals surface area contributed by atoms with Gasteiger partial charge in [-0.1, -0.05) is 42.3 Å². The summed E-state index contributed by atoms with van der Waals surface area (Å²) in [6.07, 6.45) is 0. The highest BCUT2D eigenvalue weighted by molar-refractivity contribution is 6.45. The predicted octanol–water partition coefficient (Wildman–Crippen LogP) is 3.88. The van der Waals surface area contributed by atoms with Gasteiger partial charge in [-0.15, -0.1) is 0 Å². The van der Waals surface area contributed by atoms with E-state index in [1.807, 2.05) is 26.0 Å². The number of imide groups is 1. The van der Waals surface area contributed by atoms with Crippen LogP contribution in [0.2, 0.25) is 5.02 Å². The molecule has 0 aliphatic carbocycles. The Labute approximate surface area is 182 Å². The first-order valence-electron chi connectivity index (χ1n) is 10.3. The Balaban J connectivity index is 1.81. The van der Waals surface area contributed by atoms with E-state index in [0.717, 1.165) is 49.4 Å². The van der Waals surface area contributed by atoms with Crippen LogP contribution in [-0.4, -0.2) is 54.3 Å². The van der Waals surface area contributed by atoms with Crippen molar-refractivity contribution in [1.29, 1.82) is 0 Å². The Kier molecular flexibility index (Phi) is 5.67. The van der Waals surface area contributed by atoms with Crippen molar-refractivity contribution in [2.24, 2.45) is 0 Å². The number of halogens is 1. The summed E-state index contributed by atoms with van der Waals surface area (Å²) in [6, 6.07) is 12.8. The van der Waals surface area contributed by atoms with E-state index in [1.54, 1.807) is 24.3 Å².